The fourth-order valence-corrected chi connectivity index (χ4v) is 2.54. The van der Waals surface area contributed by atoms with Crippen molar-refractivity contribution in [2.45, 2.75) is 31.5 Å². The van der Waals surface area contributed by atoms with Crippen molar-refractivity contribution in [3.05, 3.63) is 22.2 Å². The normalized spacial score (nSPS) is 25.0. The Balaban J connectivity index is 2.15. The van der Waals surface area contributed by atoms with E-state index in [1.165, 1.54) is 13.3 Å². The van der Waals surface area contributed by atoms with Crippen LogP contribution in [0, 0.1) is 0 Å². The Morgan fingerprint density at radius 3 is 2.87 bits per heavy atom. The number of hydrogen-bond acceptors (Lipinski definition) is 8. The second-order valence-electron chi connectivity index (χ2n) is 4.99. The number of nitrogens with two attached hydrogens (primary N) is 1. The summed E-state index contributed by atoms with van der Waals surface area (Å²) in [6.07, 6.45) is -1.44. The van der Waals surface area contributed by atoms with Gasteiger partial charge in [-0.3, -0.25) is 9.09 Å². The van der Waals surface area contributed by atoms with Crippen LogP contribution in [0.3, 0.4) is 0 Å². The highest BCUT2D eigenvalue weighted by Gasteiger charge is 2.37. The topological polar surface area (TPSA) is 166 Å². The molecule has 0 aliphatic carbocycles. The molecule has 1 aromatic rings. The number of nitrogens with zero attached hydrogens (tertiary/aromatic N) is 2. The molecule has 1 aromatic heterocycles. The lowest BCUT2D eigenvalue weighted by Crippen LogP contribution is -2.29. The van der Waals surface area contributed by atoms with Crippen molar-refractivity contribution < 1.29 is 33.5 Å². The van der Waals surface area contributed by atoms with Gasteiger partial charge in [0.25, 0.3) is 0 Å². The van der Waals surface area contributed by atoms with Crippen molar-refractivity contribution in [2.24, 2.45) is 0 Å². The van der Waals surface area contributed by atoms with E-state index in [1.807, 2.05) is 0 Å². The number of phosphoric acid groups is 1. The van der Waals surface area contributed by atoms with E-state index >= 15 is 0 Å². The lowest BCUT2D eigenvalue weighted by atomic mass is 10.2. The predicted molar refractivity (Wildman–Crippen MR) is 76.2 cm³/mol. The second-order valence-corrected chi connectivity index (χ2v) is 6.23. The van der Waals surface area contributed by atoms with Gasteiger partial charge < -0.3 is 30.1 Å². The fourth-order valence-electron chi connectivity index (χ4n) is 2.20. The van der Waals surface area contributed by atoms with Gasteiger partial charge in [0, 0.05) is 25.3 Å². The predicted octanol–water partition coefficient (Wildman–Crippen LogP) is -1.27. The van der Waals surface area contributed by atoms with Crippen LogP contribution in [0.1, 0.15) is 18.2 Å². The first-order valence-electron chi connectivity index (χ1n) is 6.61. The number of nitrogen functional groups attached to an aromatic ring is 1. The van der Waals surface area contributed by atoms with Crippen molar-refractivity contribution in [2.75, 3.05) is 19.5 Å². The first kappa shape index (κ1) is 18.0. The van der Waals surface area contributed by atoms with Gasteiger partial charge in [0.1, 0.15) is 18.1 Å². The van der Waals surface area contributed by atoms with Crippen LogP contribution in [-0.4, -0.2) is 50.4 Å². The molecule has 2 rings (SSSR count). The Morgan fingerprint density at radius 1 is 1.57 bits per heavy atom. The molecule has 0 radical (unpaired) electrons. The van der Waals surface area contributed by atoms with Gasteiger partial charge in [0.05, 0.1) is 19.3 Å². The van der Waals surface area contributed by atoms with Gasteiger partial charge in [-0.05, 0) is 0 Å². The van der Waals surface area contributed by atoms with E-state index in [1.54, 1.807) is 0 Å². The molecule has 0 amide bonds. The van der Waals surface area contributed by atoms with Gasteiger partial charge in [-0.15, -0.1) is 0 Å². The number of phosphoric ester groups is 1. The highest BCUT2D eigenvalue weighted by Crippen LogP contribution is 2.38. The van der Waals surface area contributed by atoms with Gasteiger partial charge >= 0.3 is 13.5 Å². The Hall–Kier alpha value is -1.33. The summed E-state index contributed by atoms with van der Waals surface area (Å²) in [5.41, 5.74) is 5.43. The standard InChI is InChI=1S/C11H18N3O8P/c1-20-4-6-3-14(11(16)13-10(6)12)9-2-7(15)8(22-9)5-21-23(17,18)19/h3,7-9,15H,2,4-5H2,1H3,(H2,12,13,16)(H2,17,18,19)/t7-,8+,9+/m0/s1. The summed E-state index contributed by atoms with van der Waals surface area (Å²) in [6.45, 7) is -0.372. The molecule has 12 heteroatoms. The number of aromatic nitrogens is 2. The van der Waals surface area contributed by atoms with Gasteiger partial charge in [0.15, 0.2) is 0 Å². The third-order valence-corrected chi connectivity index (χ3v) is 3.77. The van der Waals surface area contributed by atoms with Gasteiger partial charge in [-0.25, -0.2) is 9.36 Å². The zero-order chi connectivity index (χ0) is 17.2. The molecule has 2 heterocycles. The maximum Gasteiger partial charge on any atom is 0.469 e. The summed E-state index contributed by atoms with van der Waals surface area (Å²) in [6, 6.07) is 0. The summed E-state index contributed by atoms with van der Waals surface area (Å²) in [5, 5.41) is 9.89. The maximum absolute atomic E-state index is 11.9. The maximum atomic E-state index is 11.9. The quantitative estimate of drug-likeness (QED) is 0.454. The molecule has 23 heavy (non-hydrogen) atoms. The Kier molecular flexibility index (Phi) is 5.53. The first-order chi connectivity index (χ1) is 10.7. The van der Waals surface area contributed by atoms with Crippen LogP contribution in [0.4, 0.5) is 5.82 Å². The lowest BCUT2D eigenvalue weighted by molar-refractivity contribution is -0.0451. The molecule has 1 aliphatic heterocycles. The number of aliphatic hydroxyl groups excluding tert-OH is 1. The Labute approximate surface area is 130 Å². The minimum absolute atomic E-state index is 0.0348. The van der Waals surface area contributed by atoms with E-state index < -0.39 is 38.6 Å². The summed E-state index contributed by atoms with van der Waals surface area (Å²) < 4.78 is 26.5. The number of rotatable bonds is 6. The highest BCUT2D eigenvalue weighted by atomic mass is 31.2. The summed E-state index contributed by atoms with van der Waals surface area (Å²) >= 11 is 0. The summed E-state index contributed by atoms with van der Waals surface area (Å²) in [7, 11) is -3.22. The average molecular weight is 351 g/mol. The van der Waals surface area contributed by atoms with Crippen LogP contribution in [0.15, 0.2) is 11.0 Å². The minimum Gasteiger partial charge on any atom is -0.390 e. The summed E-state index contributed by atoms with van der Waals surface area (Å²) in [4.78, 5) is 32.9. The Morgan fingerprint density at radius 2 is 2.26 bits per heavy atom. The molecule has 0 spiro atoms. The van der Waals surface area contributed by atoms with Gasteiger partial charge in [0.2, 0.25) is 0 Å². The molecule has 0 saturated carbocycles. The highest BCUT2D eigenvalue weighted by molar-refractivity contribution is 7.46. The van der Waals surface area contributed by atoms with Crippen molar-refractivity contribution >= 4 is 13.6 Å². The van der Waals surface area contributed by atoms with E-state index in [9.17, 15) is 14.5 Å². The number of ether oxygens (including phenoxy) is 2. The number of hydrogen-bond donors (Lipinski definition) is 4. The van der Waals surface area contributed by atoms with Crippen LogP contribution in [0.25, 0.3) is 0 Å². The number of methoxy groups -OCH3 is 1. The van der Waals surface area contributed by atoms with Crippen LogP contribution in [0.2, 0.25) is 0 Å². The van der Waals surface area contributed by atoms with Gasteiger partial charge in [-0.1, -0.05) is 0 Å². The van der Waals surface area contributed by atoms with Crippen LogP contribution in [-0.2, 0) is 25.2 Å². The van der Waals surface area contributed by atoms with Crippen molar-refractivity contribution in [1.29, 1.82) is 0 Å². The molecule has 3 atom stereocenters. The third kappa shape index (κ3) is 4.58. The molecule has 1 saturated heterocycles. The van der Waals surface area contributed by atoms with E-state index in [-0.39, 0.29) is 18.8 Å². The molecule has 0 bridgehead atoms. The number of aliphatic hydroxyl groups is 1. The zero-order valence-electron chi connectivity index (χ0n) is 12.2. The summed E-state index contributed by atoms with van der Waals surface area (Å²) in [5.74, 6) is 0.0352. The minimum atomic E-state index is -4.67. The first-order valence-corrected chi connectivity index (χ1v) is 8.14. The molecule has 130 valence electrons. The molecular formula is C11H18N3O8P. The fraction of sp³-hybridized carbons (Fsp3) is 0.636. The van der Waals surface area contributed by atoms with Gasteiger partial charge in [-0.2, -0.15) is 4.98 Å². The molecule has 11 nitrogen and oxygen atoms in total. The van der Waals surface area contributed by atoms with Crippen molar-refractivity contribution in [3.63, 3.8) is 0 Å². The van der Waals surface area contributed by atoms with E-state index in [0.29, 0.717) is 5.56 Å². The van der Waals surface area contributed by atoms with Crippen molar-refractivity contribution in [1.82, 2.24) is 9.55 Å². The van der Waals surface area contributed by atoms with Crippen molar-refractivity contribution in [3.8, 4) is 0 Å². The molecule has 5 N–H and O–H groups in total. The monoisotopic (exact) mass is 351 g/mol. The Bertz CT molecular complexity index is 659. The molecule has 0 unspecified atom stereocenters. The zero-order valence-corrected chi connectivity index (χ0v) is 13.1. The SMILES string of the molecule is COCc1cn([C@H]2C[C@H](O)[C@@H](COP(=O)(O)O)O2)c(=O)nc1N. The third-order valence-electron chi connectivity index (χ3n) is 3.28. The molecule has 1 fully saturated rings. The number of anilines is 1. The van der Waals surface area contributed by atoms with Crippen LogP contribution >= 0.6 is 7.82 Å². The van der Waals surface area contributed by atoms with E-state index in [4.69, 9.17) is 25.0 Å². The van der Waals surface area contributed by atoms with Crippen LogP contribution < -0.4 is 11.4 Å². The molecular weight excluding hydrogens is 333 g/mol. The average Bonchev–Trinajstić information content (AvgIpc) is 2.80. The molecule has 1 aliphatic rings. The van der Waals surface area contributed by atoms with E-state index in [2.05, 4.69) is 9.51 Å². The second kappa shape index (κ2) is 7.05. The van der Waals surface area contributed by atoms with E-state index in [0.717, 1.165) is 4.57 Å². The lowest BCUT2D eigenvalue weighted by Gasteiger charge is -2.17. The van der Waals surface area contributed by atoms with Crippen LogP contribution in [0.5, 0.6) is 0 Å². The largest absolute Gasteiger partial charge is 0.469 e. The smallest absolute Gasteiger partial charge is 0.390 e. The molecule has 0 aromatic carbocycles.